The predicted molar refractivity (Wildman–Crippen MR) is 77.7 cm³/mol. The number of ether oxygens (including phenoxy) is 1. The van der Waals surface area contributed by atoms with E-state index >= 15 is 0 Å². The van der Waals surface area contributed by atoms with E-state index in [9.17, 15) is 5.11 Å². The summed E-state index contributed by atoms with van der Waals surface area (Å²) in [6.45, 7) is 3.08. The maximum atomic E-state index is 9.78. The zero-order chi connectivity index (χ0) is 13.5. The fraction of sp³-hybridized carbons (Fsp3) is 0.571. The number of nitrogens with zero attached hydrogens (tertiary/aromatic N) is 1. The molecule has 1 N–H and O–H groups in total. The van der Waals surface area contributed by atoms with Crippen molar-refractivity contribution in [1.82, 2.24) is 4.90 Å². The van der Waals surface area contributed by atoms with Crippen molar-refractivity contribution in [3.05, 3.63) is 34.3 Å². The van der Waals surface area contributed by atoms with Crippen LogP contribution >= 0.6 is 15.9 Å². The Labute approximate surface area is 118 Å². The highest BCUT2D eigenvalue weighted by Crippen LogP contribution is 2.23. The van der Waals surface area contributed by atoms with E-state index in [-0.39, 0.29) is 6.10 Å². The zero-order valence-corrected chi connectivity index (χ0v) is 12.9. The Balaban J connectivity index is 2.49. The van der Waals surface area contributed by atoms with Gasteiger partial charge >= 0.3 is 0 Å². The highest BCUT2D eigenvalue weighted by atomic mass is 79.9. The second-order valence-corrected chi connectivity index (χ2v) is 5.61. The Morgan fingerprint density at radius 2 is 1.89 bits per heavy atom. The van der Waals surface area contributed by atoms with Gasteiger partial charge in [0.15, 0.2) is 0 Å². The summed E-state index contributed by atoms with van der Waals surface area (Å²) in [5, 5.41) is 9.78. The van der Waals surface area contributed by atoms with Gasteiger partial charge in [-0.1, -0.05) is 35.0 Å². The molecular formula is C14H22BrNO2. The summed E-state index contributed by atoms with van der Waals surface area (Å²) in [4.78, 5) is 1.95. The number of hydrogen-bond donors (Lipinski definition) is 1. The lowest BCUT2D eigenvalue weighted by Crippen LogP contribution is -2.30. The number of rotatable bonds is 7. The molecule has 0 radical (unpaired) electrons. The van der Waals surface area contributed by atoms with Crippen molar-refractivity contribution in [3.8, 4) is 0 Å². The van der Waals surface area contributed by atoms with Gasteiger partial charge in [-0.3, -0.25) is 0 Å². The Kier molecular flexibility index (Phi) is 6.86. The molecule has 0 bridgehead atoms. The number of halogens is 1. The first-order valence-corrected chi connectivity index (χ1v) is 7.02. The third-order valence-electron chi connectivity index (χ3n) is 2.68. The first-order chi connectivity index (χ1) is 8.52. The van der Waals surface area contributed by atoms with E-state index in [1.54, 1.807) is 0 Å². The highest BCUT2D eigenvalue weighted by molar-refractivity contribution is 9.10. The minimum absolute atomic E-state index is 0.0508. The molecule has 0 amide bonds. The molecule has 1 rings (SSSR count). The van der Waals surface area contributed by atoms with Gasteiger partial charge in [0.05, 0.1) is 18.8 Å². The van der Waals surface area contributed by atoms with Crippen LogP contribution in [0.15, 0.2) is 28.7 Å². The third-order valence-corrected chi connectivity index (χ3v) is 3.21. The van der Waals surface area contributed by atoms with E-state index in [2.05, 4.69) is 35.0 Å². The molecule has 1 aromatic carbocycles. The van der Waals surface area contributed by atoms with E-state index in [1.165, 1.54) is 0 Å². The lowest BCUT2D eigenvalue weighted by Gasteiger charge is -2.21. The van der Waals surface area contributed by atoms with Crippen LogP contribution in [0.4, 0.5) is 0 Å². The molecule has 0 heterocycles. The molecule has 0 fully saturated rings. The van der Waals surface area contributed by atoms with Crippen molar-refractivity contribution in [1.29, 1.82) is 0 Å². The average molecular weight is 316 g/mol. The summed E-state index contributed by atoms with van der Waals surface area (Å²) in [6, 6.07) is 8.13. The van der Waals surface area contributed by atoms with Gasteiger partial charge < -0.3 is 14.7 Å². The molecule has 102 valence electrons. The van der Waals surface area contributed by atoms with Gasteiger partial charge in [-0.2, -0.15) is 0 Å². The van der Waals surface area contributed by atoms with Crippen LogP contribution in [-0.4, -0.2) is 43.4 Å². The van der Waals surface area contributed by atoms with E-state index in [1.807, 2.05) is 31.1 Å². The first-order valence-electron chi connectivity index (χ1n) is 6.22. The normalized spacial score (nSPS) is 14.8. The molecule has 0 spiro atoms. The first kappa shape index (κ1) is 15.6. The molecule has 0 aliphatic rings. The van der Waals surface area contributed by atoms with Crippen LogP contribution in [-0.2, 0) is 4.74 Å². The summed E-state index contributed by atoms with van der Waals surface area (Å²) in [6.07, 6.45) is 0.510. The van der Waals surface area contributed by atoms with Crippen molar-refractivity contribution >= 4 is 15.9 Å². The number of aliphatic hydroxyl groups is 1. The predicted octanol–water partition coefficient (Wildman–Crippen LogP) is 2.84. The van der Waals surface area contributed by atoms with Crippen LogP contribution in [0.1, 0.15) is 25.0 Å². The quantitative estimate of drug-likeness (QED) is 0.840. The van der Waals surface area contributed by atoms with Crippen LogP contribution in [0.3, 0.4) is 0 Å². The van der Waals surface area contributed by atoms with Crippen molar-refractivity contribution in [2.24, 2.45) is 0 Å². The zero-order valence-electron chi connectivity index (χ0n) is 11.3. The molecule has 0 aliphatic carbocycles. The minimum Gasteiger partial charge on any atom is -0.389 e. The molecule has 0 aliphatic heterocycles. The number of likely N-dealkylation sites (N-methyl/N-ethyl adjacent to an activating group) is 1. The van der Waals surface area contributed by atoms with Crippen molar-refractivity contribution in [2.75, 3.05) is 27.2 Å². The Hall–Kier alpha value is -0.420. The molecule has 1 aromatic rings. The fourth-order valence-electron chi connectivity index (χ4n) is 1.83. The summed E-state index contributed by atoms with van der Waals surface area (Å²) >= 11 is 3.42. The number of hydrogen-bond acceptors (Lipinski definition) is 3. The standard InChI is InChI=1S/C14H22BrNO2/c1-4-14(11-5-7-12(15)8-6-11)18-10-13(17)9-16(2)3/h5-8,13-14,17H,4,9-10H2,1-3H3. The summed E-state index contributed by atoms with van der Waals surface area (Å²) in [5.41, 5.74) is 1.15. The van der Waals surface area contributed by atoms with E-state index in [0.29, 0.717) is 13.2 Å². The van der Waals surface area contributed by atoms with Gasteiger partial charge in [-0.05, 0) is 38.2 Å². The van der Waals surface area contributed by atoms with Crippen molar-refractivity contribution in [2.45, 2.75) is 25.6 Å². The minimum atomic E-state index is -0.440. The molecule has 2 unspecified atom stereocenters. The van der Waals surface area contributed by atoms with Gasteiger partial charge in [0.25, 0.3) is 0 Å². The monoisotopic (exact) mass is 315 g/mol. The lowest BCUT2D eigenvalue weighted by molar-refractivity contribution is -0.0193. The number of aliphatic hydroxyl groups excluding tert-OH is 1. The maximum absolute atomic E-state index is 9.78. The van der Waals surface area contributed by atoms with Gasteiger partial charge in [0, 0.05) is 11.0 Å². The summed E-state index contributed by atoms with van der Waals surface area (Å²) < 4.78 is 6.85. The summed E-state index contributed by atoms with van der Waals surface area (Å²) in [5.74, 6) is 0. The molecule has 4 heteroatoms. The molecule has 3 nitrogen and oxygen atoms in total. The van der Waals surface area contributed by atoms with Gasteiger partial charge in [0.1, 0.15) is 0 Å². The fourth-order valence-corrected chi connectivity index (χ4v) is 2.09. The second-order valence-electron chi connectivity index (χ2n) is 4.70. The molecule has 0 saturated carbocycles. The van der Waals surface area contributed by atoms with Gasteiger partial charge in [0.2, 0.25) is 0 Å². The Morgan fingerprint density at radius 3 is 2.39 bits per heavy atom. The Bertz CT molecular complexity index is 340. The van der Waals surface area contributed by atoms with Crippen LogP contribution in [0.25, 0.3) is 0 Å². The second kappa shape index (κ2) is 7.89. The SMILES string of the molecule is CCC(OCC(O)CN(C)C)c1ccc(Br)cc1. The third kappa shape index (κ3) is 5.48. The molecule has 0 aromatic heterocycles. The highest BCUT2D eigenvalue weighted by Gasteiger charge is 2.13. The molecule has 18 heavy (non-hydrogen) atoms. The topological polar surface area (TPSA) is 32.7 Å². The smallest absolute Gasteiger partial charge is 0.0900 e. The Morgan fingerprint density at radius 1 is 1.28 bits per heavy atom. The van der Waals surface area contributed by atoms with Crippen LogP contribution in [0, 0.1) is 0 Å². The van der Waals surface area contributed by atoms with E-state index < -0.39 is 6.10 Å². The van der Waals surface area contributed by atoms with Crippen LogP contribution < -0.4 is 0 Å². The van der Waals surface area contributed by atoms with Crippen molar-refractivity contribution in [3.63, 3.8) is 0 Å². The van der Waals surface area contributed by atoms with Crippen LogP contribution in [0.5, 0.6) is 0 Å². The van der Waals surface area contributed by atoms with Gasteiger partial charge in [-0.15, -0.1) is 0 Å². The van der Waals surface area contributed by atoms with E-state index in [4.69, 9.17) is 4.74 Å². The summed E-state index contributed by atoms with van der Waals surface area (Å²) in [7, 11) is 3.88. The van der Waals surface area contributed by atoms with E-state index in [0.717, 1.165) is 16.5 Å². The number of benzene rings is 1. The lowest BCUT2D eigenvalue weighted by atomic mass is 10.1. The molecular weight excluding hydrogens is 294 g/mol. The van der Waals surface area contributed by atoms with Gasteiger partial charge in [-0.25, -0.2) is 0 Å². The molecule has 0 saturated heterocycles. The van der Waals surface area contributed by atoms with Crippen molar-refractivity contribution < 1.29 is 9.84 Å². The van der Waals surface area contributed by atoms with Crippen LogP contribution in [0.2, 0.25) is 0 Å². The molecule has 2 atom stereocenters. The average Bonchev–Trinajstić information content (AvgIpc) is 2.31. The maximum Gasteiger partial charge on any atom is 0.0900 e. The largest absolute Gasteiger partial charge is 0.389 e.